The van der Waals surface area contributed by atoms with E-state index in [2.05, 4.69) is 5.32 Å². The van der Waals surface area contributed by atoms with Gasteiger partial charge in [-0.25, -0.2) is 0 Å². The number of amides is 2. The van der Waals surface area contributed by atoms with Crippen molar-refractivity contribution in [2.75, 3.05) is 18.5 Å². The molecule has 0 radical (unpaired) electrons. The number of anilines is 1. The van der Waals surface area contributed by atoms with Gasteiger partial charge in [0.15, 0.2) is 6.61 Å². The minimum absolute atomic E-state index is 0.0807. The summed E-state index contributed by atoms with van der Waals surface area (Å²) >= 11 is 0. The molecule has 148 valence electrons. The Morgan fingerprint density at radius 3 is 2.75 bits per heavy atom. The molecule has 1 saturated heterocycles. The zero-order chi connectivity index (χ0) is 20.1. The van der Waals surface area contributed by atoms with Crippen LogP contribution >= 0.6 is 0 Å². The highest BCUT2D eigenvalue weighted by Gasteiger charge is 2.35. The van der Waals surface area contributed by atoms with Crippen LogP contribution in [0.25, 0.3) is 0 Å². The second kappa shape index (κ2) is 8.73. The van der Waals surface area contributed by atoms with E-state index in [4.69, 9.17) is 9.15 Å². The number of furan rings is 1. The fraction of sp³-hybridized carbons (Fsp3) is 0.381. The first-order valence-electron chi connectivity index (χ1n) is 9.29. The van der Waals surface area contributed by atoms with Crippen LogP contribution in [0.15, 0.2) is 47.1 Å². The highest BCUT2D eigenvalue weighted by atomic mass is 16.5. The zero-order valence-electron chi connectivity index (χ0n) is 16.0. The molecule has 1 aliphatic rings. The van der Waals surface area contributed by atoms with E-state index in [1.807, 2.05) is 38.1 Å². The molecule has 1 aromatic heterocycles. The molecule has 0 bridgehead atoms. The predicted molar refractivity (Wildman–Crippen MR) is 102 cm³/mol. The molecule has 2 amide bonds. The van der Waals surface area contributed by atoms with E-state index in [-0.39, 0.29) is 31.4 Å². The lowest BCUT2D eigenvalue weighted by Crippen LogP contribution is -2.28. The molecule has 7 nitrogen and oxygen atoms in total. The maximum absolute atomic E-state index is 12.3. The number of ether oxygens (including phenoxy) is 1. The smallest absolute Gasteiger partial charge is 0.311 e. The van der Waals surface area contributed by atoms with Gasteiger partial charge in [-0.05, 0) is 29.7 Å². The first-order chi connectivity index (χ1) is 13.4. The van der Waals surface area contributed by atoms with E-state index in [1.165, 1.54) is 6.26 Å². The van der Waals surface area contributed by atoms with Crippen LogP contribution in [-0.2, 0) is 25.7 Å². The van der Waals surface area contributed by atoms with Gasteiger partial charge < -0.3 is 19.4 Å². The number of para-hydroxylation sites is 1. The molecule has 1 aliphatic heterocycles. The Kier molecular flexibility index (Phi) is 6.13. The van der Waals surface area contributed by atoms with Gasteiger partial charge in [-0.2, -0.15) is 0 Å². The van der Waals surface area contributed by atoms with Gasteiger partial charge in [-0.15, -0.1) is 0 Å². The lowest BCUT2D eigenvalue weighted by atomic mass is 10.0. The van der Waals surface area contributed by atoms with E-state index in [0.717, 1.165) is 5.56 Å². The number of likely N-dealkylation sites (tertiary alicyclic amines) is 1. The molecule has 2 heterocycles. The molecule has 1 atom stereocenters. The van der Waals surface area contributed by atoms with Gasteiger partial charge in [0.1, 0.15) is 5.76 Å². The first kappa shape index (κ1) is 19.7. The van der Waals surface area contributed by atoms with Crippen LogP contribution in [0.2, 0.25) is 0 Å². The number of nitrogens with zero attached hydrogens (tertiary/aromatic N) is 1. The van der Waals surface area contributed by atoms with Gasteiger partial charge in [0.05, 0.1) is 18.7 Å². The van der Waals surface area contributed by atoms with Crippen LogP contribution in [0.5, 0.6) is 0 Å². The summed E-state index contributed by atoms with van der Waals surface area (Å²) in [5.41, 5.74) is 1.72. The number of benzene rings is 1. The average Bonchev–Trinajstić information content (AvgIpc) is 3.30. The van der Waals surface area contributed by atoms with Gasteiger partial charge in [0.25, 0.3) is 5.91 Å². The number of rotatable bonds is 7. The van der Waals surface area contributed by atoms with Crippen molar-refractivity contribution in [2.45, 2.75) is 32.7 Å². The molecule has 0 spiro atoms. The van der Waals surface area contributed by atoms with Crippen molar-refractivity contribution >= 4 is 23.5 Å². The van der Waals surface area contributed by atoms with Crippen LogP contribution in [0, 0.1) is 5.92 Å². The second-order valence-corrected chi connectivity index (χ2v) is 7.15. The lowest BCUT2D eigenvalue weighted by Gasteiger charge is -2.15. The largest absolute Gasteiger partial charge is 0.467 e. The van der Waals surface area contributed by atoms with Gasteiger partial charge in [-0.1, -0.05) is 32.0 Å². The Labute approximate surface area is 163 Å². The summed E-state index contributed by atoms with van der Waals surface area (Å²) in [7, 11) is 0. The summed E-state index contributed by atoms with van der Waals surface area (Å²) < 4.78 is 10.4. The van der Waals surface area contributed by atoms with Crippen molar-refractivity contribution in [3.63, 3.8) is 0 Å². The van der Waals surface area contributed by atoms with Gasteiger partial charge >= 0.3 is 5.97 Å². The quantitative estimate of drug-likeness (QED) is 0.742. The first-order valence-corrected chi connectivity index (χ1v) is 9.29. The molecule has 1 fully saturated rings. The molecule has 0 saturated carbocycles. The average molecular weight is 384 g/mol. The van der Waals surface area contributed by atoms with Crippen molar-refractivity contribution < 1.29 is 23.5 Å². The Hall–Kier alpha value is -3.09. The summed E-state index contributed by atoms with van der Waals surface area (Å²) in [5.74, 6) is -0.734. The Morgan fingerprint density at radius 1 is 1.25 bits per heavy atom. The molecule has 7 heteroatoms. The summed E-state index contributed by atoms with van der Waals surface area (Å²) in [6.07, 6.45) is 1.62. The topological polar surface area (TPSA) is 88.8 Å². The third-order valence-electron chi connectivity index (χ3n) is 4.68. The molecular weight excluding hydrogens is 360 g/mol. The number of hydrogen-bond donors (Lipinski definition) is 1. The molecule has 1 aromatic carbocycles. The maximum Gasteiger partial charge on any atom is 0.311 e. The zero-order valence-corrected chi connectivity index (χ0v) is 16.0. The van der Waals surface area contributed by atoms with Crippen molar-refractivity contribution in [2.24, 2.45) is 5.92 Å². The monoisotopic (exact) mass is 384 g/mol. The molecular formula is C21H24N2O5. The summed E-state index contributed by atoms with van der Waals surface area (Å²) in [6.45, 7) is 4.28. The van der Waals surface area contributed by atoms with Gasteiger partial charge in [-0.3, -0.25) is 14.4 Å². The predicted octanol–water partition coefficient (Wildman–Crippen LogP) is 2.93. The van der Waals surface area contributed by atoms with E-state index >= 15 is 0 Å². The SMILES string of the molecule is CC(C)c1ccccc1NC(=O)COC(=O)C1CC(=O)N(Cc2ccco2)C1. The number of esters is 1. The normalized spacial score (nSPS) is 16.5. The Balaban J connectivity index is 1.49. The Bertz CT molecular complexity index is 844. The number of nitrogens with one attached hydrogen (secondary N) is 1. The van der Waals surface area contributed by atoms with Gasteiger partial charge in [0, 0.05) is 18.7 Å². The number of carbonyl (C=O) groups excluding carboxylic acids is 3. The van der Waals surface area contributed by atoms with E-state index in [1.54, 1.807) is 17.0 Å². The fourth-order valence-corrected chi connectivity index (χ4v) is 3.23. The number of carbonyl (C=O) groups is 3. The molecule has 2 aromatic rings. The lowest BCUT2D eigenvalue weighted by molar-refractivity contribution is -0.151. The standard InChI is InChI=1S/C21H24N2O5/c1-14(2)17-7-3-4-8-18(17)22-19(24)13-28-21(26)15-10-20(25)23(11-15)12-16-6-5-9-27-16/h3-9,14-15H,10-13H2,1-2H3,(H,22,24). The maximum atomic E-state index is 12.3. The van der Waals surface area contributed by atoms with Gasteiger partial charge in [0.2, 0.25) is 5.91 Å². The van der Waals surface area contributed by atoms with Crippen molar-refractivity contribution in [1.29, 1.82) is 0 Å². The fourth-order valence-electron chi connectivity index (χ4n) is 3.23. The highest BCUT2D eigenvalue weighted by Crippen LogP contribution is 2.24. The third kappa shape index (κ3) is 4.79. The molecule has 1 unspecified atom stereocenters. The van der Waals surface area contributed by atoms with E-state index < -0.39 is 17.8 Å². The molecule has 1 N–H and O–H groups in total. The summed E-state index contributed by atoms with van der Waals surface area (Å²) in [6, 6.07) is 11.0. The second-order valence-electron chi connectivity index (χ2n) is 7.15. The van der Waals surface area contributed by atoms with Crippen LogP contribution < -0.4 is 5.32 Å². The van der Waals surface area contributed by atoms with Crippen molar-refractivity contribution in [1.82, 2.24) is 4.90 Å². The minimum Gasteiger partial charge on any atom is -0.467 e. The molecule has 0 aliphatic carbocycles. The van der Waals surface area contributed by atoms with Crippen LogP contribution in [0.4, 0.5) is 5.69 Å². The molecule has 3 rings (SSSR count). The van der Waals surface area contributed by atoms with Crippen LogP contribution in [0.1, 0.15) is 37.5 Å². The Morgan fingerprint density at radius 2 is 2.04 bits per heavy atom. The number of hydrogen-bond acceptors (Lipinski definition) is 5. The molecule has 28 heavy (non-hydrogen) atoms. The highest BCUT2D eigenvalue weighted by molar-refractivity contribution is 5.94. The van der Waals surface area contributed by atoms with Crippen molar-refractivity contribution in [3.05, 3.63) is 54.0 Å². The van der Waals surface area contributed by atoms with E-state index in [9.17, 15) is 14.4 Å². The van der Waals surface area contributed by atoms with E-state index in [0.29, 0.717) is 18.0 Å². The van der Waals surface area contributed by atoms with Crippen LogP contribution in [-0.4, -0.2) is 35.8 Å². The van der Waals surface area contributed by atoms with Crippen LogP contribution in [0.3, 0.4) is 0 Å². The van der Waals surface area contributed by atoms with Crippen molar-refractivity contribution in [3.8, 4) is 0 Å². The summed E-state index contributed by atoms with van der Waals surface area (Å²) in [5, 5.41) is 2.78. The summed E-state index contributed by atoms with van der Waals surface area (Å²) in [4.78, 5) is 38.1. The third-order valence-corrected chi connectivity index (χ3v) is 4.68. The minimum atomic E-state index is -0.571.